The zero-order chi connectivity index (χ0) is 20.0. The number of nitrogens with one attached hydrogen (secondary N) is 2. The maximum Gasteiger partial charge on any atom is 0.319 e. The van der Waals surface area contributed by atoms with Crippen LogP contribution in [0.4, 0.5) is 10.5 Å². The number of hydrogen-bond donors (Lipinski definition) is 2. The molecule has 8 heteroatoms. The number of methoxy groups -OCH3 is 2. The second kappa shape index (κ2) is 9.36. The highest BCUT2D eigenvalue weighted by Crippen LogP contribution is 2.50. The lowest BCUT2D eigenvalue weighted by Gasteiger charge is -2.27. The normalized spacial score (nSPS) is 12.1. The SMILES string of the molecule is CCN(CC)C(C)COc1c(NC(=O)NC)c(OC)c2ccoc2c1OC. The van der Waals surface area contributed by atoms with Crippen molar-refractivity contribution in [3.8, 4) is 17.2 Å². The van der Waals surface area contributed by atoms with Gasteiger partial charge >= 0.3 is 6.03 Å². The first kappa shape index (κ1) is 20.7. The van der Waals surface area contributed by atoms with Crippen molar-refractivity contribution in [2.24, 2.45) is 0 Å². The summed E-state index contributed by atoms with van der Waals surface area (Å²) in [5, 5.41) is 6.01. The van der Waals surface area contributed by atoms with E-state index in [1.807, 2.05) is 0 Å². The molecule has 1 unspecified atom stereocenters. The van der Waals surface area contributed by atoms with Crippen LogP contribution in [0.3, 0.4) is 0 Å². The monoisotopic (exact) mass is 379 g/mol. The summed E-state index contributed by atoms with van der Waals surface area (Å²) in [6.07, 6.45) is 1.54. The molecule has 2 aromatic rings. The van der Waals surface area contributed by atoms with E-state index in [-0.39, 0.29) is 12.1 Å². The van der Waals surface area contributed by atoms with Crippen molar-refractivity contribution in [2.45, 2.75) is 26.8 Å². The van der Waals surface area contributed by atoms with Crippen LogP contribution in [0.15, 0.2) is 16.7 Å². The molecule has 8 nitrogen and oxygen atoms in total. The second-order valence-corrected chi connectivity index (χ2v) is 6.02. The van der Waals surface area contributed by atoms with Crippen molar-refractivity contribution in [1.29, 1.82) is 0 Å². The van der Waals surface area contributed by atoms with Gasteiger partial charge in [0, 0.05) is 13.1 Å². The van der Waals surface area contributed by atoms with Gasteiger partial charge in [0.05, 0.1) is 25.9 Å². The number of amides is 2. The fourth-order valence-electron chi connectivity index (χ4n) is 3.10. The largest absolute Gasteiger partial charge is 0.494 e. The van der Waals surface area contributed by atoms with E-state index < -0.39 is 0 Å². The van der Waals surface area contributed by atoms with Crippen LogP contribution in [0.1, 0.15) is 20.8 Å². The Morgan fingerprint density at radius 3 is 2.41 bits per heavy atom. The van der Waals surface area contributed by atoms with Gasteiger partial charge in [-0.15, -0.1) is 0 Å². The standard InChI is InChI=1S/C19H29N3O5/c1-7-22(8-2)12(3)11-27-17-14(21-19(23)20-4)15(24-5)13-9-10-26-16(13)18(17)25-6/h9-10,12H,7-8,11H2,1-6H3,(H2,20,21,23). The molecule has 2 N–H and O–H groups in total. The quantitative estimate of drug-likeness (QED) is 0.695. The Labute approximate surface area is 159 Å². The fourth-order valence-corrected chi connectivity index (χ4v) is 3.10. The summed E-state index contributed by atoms with van der Waals surface area (Å²) >= 11 is 0. The molecule has 1 aromatic carbocycles. The van der Waals surface area contributed by atoms with E-state index in [1.54, 1.807) is 19.4 Å². The van der Waals surface area contributed by atoms with E-state index in [0.717, 1.165) is 13.1 Å². The first-order chi connectivity index (χ1) is 13.0. The third-order valence-corrected chi connectivity index (χ3v) is 4.55. The minimum atomic E-state index is -0.389. The molecule has 0 aliphatic heterocycles. The van der Waals surface area contributed by atoms with Crippen molar-refractivity contribution < 1.29 is 23.4 Å². The Hall–Kier alpha value is -2.61. The van der Waals surface area contributed by atoms with Gasteiger partial charge in [-0.05, 0) is 26.1 Å². The molecule has 2 rings (SSSR count). The molecule has 27 heavy (non-hydrogen) atoms. The molecule has 0 saturated carbocycles. The lowest BCUT2D eigenvalue weighted by atomic mass is 10.1. The predicted molar refractivity (Wildman–Crippen MR) is 105 cm³/mol. The number of hydrogen-bond acceptors (Lipinski definition) is 6. The van der Waals surface area contributed by atoms with Crippen LogP contribution in [-0.4, -0.2) is 57.9 Å². The average Bonchev–Trinajstić information content (AvgIpc) is 3.15. The number of ether oxygens (including phenoxy) is 3. The van der Waals surface area contributed by atoms with Crippen LogP contribution >= 0.6 is 0 Å². The molecule has 0 aliphatic carbocycles. The Kier molecular flexibility index (Phi) is 7.18. The Bertz CT molecular complexity index is 770. The van der Waals surface area contributed by atoms with Crippen molar-refractivity contribution in [2.75, 3.05) is 46.3 Å². The van der Waals surface area contributed by atoms with E-state index in [0.29, 0.717) is 40.5 Å². The Morgan fingerprint density at radius 2 is 1.85 bits per heavy atom. The molecule has 0 fully saturated rings. The lowest BCUT2D eigenvalue weighted by Crippen LogP contribution is -2.37. The predicted octanol–water partition coefficient (Wildman–Crippen LogP) is 3.31. The third-order valence-electron chi connectivity index (χ3n) is 4.55. The van der Waals surface area contributed by atoms with E-state index in [9.17, 15) is 4.79 Å². The summed E-state index contributed by atoms with van der Waals surface area (Å²) in [4.78, 5) is 14.3. The van der Waals surface area contributed by atoms with E-state index >= 15 is 0 Å². The van der Waals surface area contributed by atoms with Crippen LogP contribution in [0, 0.1) is 0 Å². The topological polar surface area (TPSA) is 85.2 Å². The first-order valence-corrected chi connectivity index (χ1v) is 9.02. The number of nitrogens with zero attached hydrogens (tertiary/aromatic N) is 1. The van der Waals surface area contributed by atoms with Gasteiger partial charge in [-0.25, -0.2) is 4.79 Å². The van der Waals surface area contributed by atoms with Gasteiger partial charge in [-0.3, -0.25) is 4.90 Å². The number of likely N-dealkylation sites (N-methyl/N-ethyl adjacent to an activating group) is 1. The molecule has 150 valence electrons. The number of urea groups is 1. The van der Waals surface area contributed by atoms with Gasteiger partial charge in [0.2, 0.25) is 5.75 Å². The third kappa shape index (κ3) is 4.21. The van der Waals surface area contributed by atoms with Crippen molar-refractivity contribution in [3.05, 3.63) is 12.3 Å². The molecule has 0 bridgehead atoms. The van der Waals surface area contributed by atoms with Gasteiger partial charge in [0.15, 0.2) is 17.1 Å². The van der Waals surface area contributed by atoms with Crippen LogP contribution < -0.4 is 24.8 Å². The molecule has 0 spiro atoms. The lowest BCUT2D eigenvalue weighted by molar-refractivity contribution is 0.155. The number of rotatable bonds is 9. The summed E-state index contributed by atoms with van der Waals surface area (Å²) in [7, 11) is 4.61. The molecule has 0 aliphatic rings. The zero-order valence-electron chi connectivity index (χ0n) is 16.8. The van der Waals surface area contributed by atoms with Crippen LogP contribution in [0.25, 0.3) is 11.0 Å². The number of carbonyl (C=O) groups is 1. The zero-order valence-corrected chi connectivity index (χ0v) is 16.8. The highest BCUT2D eigenvalue weighted by atomic mass is 16.5. The second-order valence-electron chi connectivity index (χ2n) is 6.02. The number of furan rings is 1. The molecule has 0 saturated heterocycles. The number of fused-ring (bicyclic) bond motifs is 1. The molecule has 1 atom stereocenters. The molecule has 1 aromatic heterocycles. The fraction of sp³-hybridized carbons (Fsp3) is 0.526. The highest BCUT2D eigenvalue weighted by Gasteiger charge is 2.26. The van der Waals surface area contributed by atoms with Gasteiger partial charge in [-0.1, -0.05) is 13.8 Å². The minimum Gasteiger partial charge on any atom is -0.494 e. The van der Waals surface area contributed by atoms with Crippen molar-refractivity contribution in [1.82, 2.24) is 10.2 Å². The van der Waals surface area contributed by atoms with Crippen LogP contribution in [0.5, 0.6) is 17.2 Å². The van der Waals surface area contributed by atoms with Crippen molar-refractivity contribution >= 4 is 22.7 Å². The van der Waals surface area contributed by atoms with E-state index in [1.165, 1.54) is 14.2 Å². The van der Waals surface area contributed by atoms with Gasteiger partial charge in [-0.2, -0.15) is 0 Å². The smallest absolute Gasteiger partial charge is 0.319 e. The van der Waals surface area contributed by atoms with Crippen LogP contribution in [-0.2, 0) is 0 Å². The Balaban J connectivity index is 2.53. The Morgan fingerprint density at radius 1 is 1.19 bits per heavy atom. The van der Waals surface area contributed by atoms with E-state index in [4.69, 9.17) is 18.6 Å². The summed E-state index contributed by atoms with van der Waals surface area (Å²) in [5.74, 6) is 1.24. The maximum absolute atomic E-state index is 12.0. The van der Waals surface area contributed by atoms with Gasteiger partial charge in [0.25, 0.3) is 0 Å². The minimum absolute atomic E-state index is 0.177. The summed E-state index contributed by atoms with van der Waals surface area (Å²) < 4.78 is 22.8. The molecule has 0 radical (unpaired) electrons. The van der Waals surface area contributed by atoms with Crippen molar-refractivity contribution in [3.63, 3.8) is 0 Å². The van der Waals surface area contributed by atoms with Gasteiger partial charge < -0.3 is 29.3 Å². The first-order valence-electron chi connectivity index (χ1n) is 9.02. The average molecular weight is 379 g/mol. The number of carbonyl (C=O) groups excluding carboxylic acids is 1. The highest BCUT2D eigenvalue weighted by molar-refractivity contribution is 6.03. The van der Waals surface area contributed by atoms with E-state index in [2.05, 4.69) is 36.3 Å². The van der Waals surface area contributed by atoms with Crippen LogP contribution in [0.2, 0.25) is 0 Å². The maximum atomic E-state index is 12.0. The summed E-state index contributed by atoms with van der Waals surface area (Å²) in [5.41, 5.74) is 0.900. The number of anilines is 1. The molecule has 2 amide bonds. The number of benzene rings is 1. The molecular weight excluding hydrogens is 350 g/mol. The van der Waals surface area contributed by atoms with Gasteiger partial charge in [0.1, 0.15) is 12.3 Å². The summed E-state index contributed by atoms with van der Waals surface area (Å²) in [6.45, 7) is 8.56. The molecular formula is C19H29N3O5. The summed E-state index contributed by atoms with van der Waals surface area (Å²) in [6, 6.07) is 1.55. The molecule has 1 heterocycles.